The Morgan fingerprint density at radius 3 is 2.89 bits per heavy atom. The van der Waals surface area contributed by atoms with Crippen LogP contribution in [0.4, 0.5) is 5.13 Å². The molecular weight excluding hydrogens is 388 g/mol. The minimum atomic E-state index is -0.386. The van der Waals surface area contributed by atoms with E-state index in [0.717, 1.165) is 5.69 Å². The SMILES string of the molecule is Cc1csc(NC(=O)C(C)Sc2nnc(CNC(=O)c3ccco3)n2C)n1. The van der Waals surface area contributed by atoms with E-state index in [9.17, 15) is 9.59 Å². The van der Waals surface area contributed by atoms with Gasteiger partial charge in [0.2, 0.25) is 5.91 Å². The zero-order valence-corrected chi connectivity index (χ0v) is 16.6. The summed E-state index contributed by atoms with van der Waals surface area (Å²) in [4.78, 5) is 28.4. The van der Waals surface area contributed by atoms with Gasteiger partial charge < -0.3 is 19.6 Å². The number of aromatic nitrogens is 4. The number of furan rings is 1. The lowest BCUT2D eigenvalue weighted by molar-refractivity contribution is -0.115. The molecule has 0 aliphatic rings. The van der Waals surface area contributed by atoms with Crippen molar-refractivity contribution in [3.05, 3.63) is 41.1 Å². The number of thioether (sulfide) groups is 1. The van der Waals surface area contributed by atoms with Crippen LogP contribution in [0.15, 0.2) is 33.3 Å². The maximum Gasteiger partial charge on any atom is 0.287 e. The number of amides is 2. The smallest absolute Gasteiger partial charge is 0.287 e. The van der Waals surface area contributed by atoms with Crippen molar-refractivity contribution >= 4 is 40.0 Å². The van der Waals surface area contributed by atoms with E-state index >= 15 is 0 Å². The Labute approximate surface area is 163 Å². The molecule has 3 rings (SSSR count). The number of nitrogens with one attached hydrogen (secondary N) is 2. The number of rotatable bonds is 7. The highest BCUT2D eigenvalue weighted by molar-refractivity contribution is 8.00. The standard InChI is InChI=1S/C16H18N6O3S2/c1-9-8-26-15(18-9)19-13(23)10(2)27-16-21-20-12(22(16)3)7-17-14(24)11-5-4-6-25-11/h4-6,8,10H,7H2,1-3H3,(H,17,24)(H,18,19,23). The molecule has 0 spiro atoms. The maximum atomic E-state index is 12.3. The molecule has 3 aromatic heterocycles. The van der Waals surface area contributed by atoms with Crippen LogP contribution in [0, 0.1) is 6.92 Å². The molecule has 0 aromatic carbocycles. The number of nitrogens with zero attached hydrogens (tertiary/aromatic N) is 4. The predicted octanol–water partition coefficient (Wildman–Crippen LogP) is 2.22. The lowest BCUT2D eigenvalue weighted by Crippen LogP contribution is -2.24. The fraction of sp³-hybridized carbons (Fsp3) is 0.312. The molecule has 1 atom stereocenters. The van der Waals surface area contributed by atoms with Gasteiger partial charge in [0.15, 0.2) is 21.9 Å². The average Bonchev–Trinajstić information content (AvgIpc) is 3.37. The first-order valence-corrected chi connectivity index (χ1v) is 9.79. The molecule has 3 aromatic rings. The number of anilines is 1. The molecule has 0 fully saturated rings. The van der Waals surface area contributed by atoms with E-state index in [1.165, 1.54) is 29.4 Å². The van der Waals surface area contributed by atoms with Crippen LogP contribution in [-0.2, 0) is 18.4 Å². The molecule has 0 bridgehead atoms. The number of thiazole rings is 1. The summed E-state index contributed by atoms with van der Waals surface area (Å²) < 4.78 is 6.78. The van der Waals surface area contributed by atoms with Gasteiger partial charge in [0.25, 0.3) is 5.91 Å². The lowest BCUT2D eigenvalue weighted by atomic mass is 10.4. The normalized spacial score (nSPS) is 12.0. The average molecular weight is 406 g/mol. The van der Waals surface area contributed by atoms with Gasteiger partial charge in [-0.05, 0) is 26.0 Å². The monoisotopic (exact) mass is 406 g/mol. The van der Waals surface area contributed by atoms with Crippen molar-refractivity contribution in [2.45, 2.75) is 30.8 Å². The largest absolute Gasteiger partial charge is 0.459 e. The lowest BCUT2D eigenvalue weighted by Gasteiger charge is -2.10. The van der Waals surface area contributed by atoms with Crippen LogP contribution in [0.25, 0.3) is 0 Å². The molecule has 1 unspecified atom stereocenters. The third kappa shape index (κ3) is 4.74. The van der Waals surface area contributed by atoms with Crippen molar-refractivity contribution in [1.29, 1.82) is 0 Å². The fourth-order valence-corrected chi connectivity index (χ4v) is 3.61. The van der Waals surface area contributed by atoms with Crippen molar-refractivity contribution in [3.63, 3.8) is 0 Å². The Morgan fingerprint density at radius 1 is 1.41 bits per heavy atom. The summed E-state index contributed by atoms with van der Waals surface area (Å²) in [5.41, 5.74) is 0.866. The molecule has 2 N–H and O–H groups in total. The highest BCUT2D eigenvalue weighted by Crippen LogP contribution is 2.23. The Hall–Kier alpha value is -2.66. The predicted molar refractivity (Wildman–Crippen MR) is 102 cm³/mol. The summed E-state index contributed by atoms with van der Waals surface area (Å²) in [6.45, 7) is 3.85. The quantitative estimate of drug-likeness (QED) is 0.578. The molecule has 2 amide bonds. The zero-order valence-electron chi connectivity index (χ0n) is 14.9. The Kier molecular flexibility index (Phi) is 5.91. The van der Waals surface area contributed by atoms with E-state index < -0.39 is 0 Å². The number of carbonyl (C=O) groups is 2. The number of hydrogen-bond donors (Lipinski definition) is 2. The number of aryl methyl sites for hydroxylation is 1. The highest BCUT2D eigenvalue weighted by atomic mass is 32.2. The van der Waals surface area contributed by atoms with Crippen molar-refractivity contribution in [3.8, 4) is 0 Å². The second-order valence-electron chi connectivity index (χ2n) is 5.66. The van der Waals surface area contributed by atoms with Crippen LogP contribution in [-0.4, -0.2) is 36.8 Å². The molecule has 0 aliphatic heterocycles. The van der Waals surface area contributed by atoms with Gasteiger partial charge in [0.05, 0.1) is 23.8 Å². The summed E-state index contributed by atoms with van der Waals surface area (Å²) in [5, 5.41) is 16.3. The third-order valence-electron chi connectivity index (χ3n) is 3.58. The fourth-order valence-electron chi connectivity index (χ4n) is 2.09. The van der Waals surface area contributed by atoms with Crippen LogP contribution in [0.5, 0.6) is 0 Å². The molecule has 9 nitrogen and oxygen atoms in total. The Morgan fingerprint density at radius 2 is 2.22 bits per heavy atom. The molecule has 0 saturated carbocycles. The van der Waals surface area contributed by atoms with Gasteiger partial charge in [-0.2, -0.15) is 0 Å². The van der Waals surface area contributed by atoms with E-state index in [-0.39, 0.29) is 29.4 Å². The molecule has 0 saturated heterocycles. The Bertz CT molecular complexity index is 934. The third-order valence-corrected chi connectivity index (χ3v) is 5.59. The van der Waals surface area contributed by atoms with Gasteiger partial charge in [-0.15, -0.1) is 21.5 Å². The van der Waals surface area contributed by atoms with Crippen molar-refractivity contribution < 1.29 is 14.0 Å². The van der Waals surface area contributed by atoms with Gasteiger partial charge in [-0.1, -0.05) is 11.8 Å². The molecule has 11 heteroatoms. The Balaban J connectivity index is 1.56. The van der Waals surface area contributed by atoms with Crippen molar-refractivity contribution in [2.75, 3.05) is 5.32 Å². The van der Waals surface area contributed by atoms with Gasteiger partial charge in [-0.3, -0.25) is 9.59 Å². The van der Waals surface area contributed by atoms with Crippen LogP contribution >= 0.6 is 23.1 Å². The van der Waals surface area contributed by atoms with Gasteiger partial charge in [0.1, 0.15) is 0 Å². The van der Waals surface area contributed by atoms with E-state index in [1.807, 2.05) is 12.3 Å². The minimum Gasteiger partial charge on any atom is -0.459 e. The van der Waals surface area contributed by atoms with E-state index in [2.05, 4.69) is 25.8 Å². The first-order valence-electron chi connectivity index (χ1n) is 8.03. The first kappa shape index (κ1) is 19.1. The van der Waals surface area contributed by atoms with Crippen molar-refractivity contribution in [1.82, 2.24) is 25.1 Å². The van der Waals surface area contributed by atoms with Crippen LogP contribution in [0.2, 0.25) is 0 Å². The molecule has 3 heterocycles. The summed E-state index contributed by atoms with van der Waals surface area (Å²) in [7, 11) is 1.78. The maximum absolute atomic E-state index is 12.3. The molecular formula is C16H18N6O3S2. The molecule has 142 valence electrons. The number of carbonyl (C=O) groups excluding carboxylic acids is 2. The van der Waals surface area contributed by atoms with E-state index in [1.54, 1.807) is 30.7 Å². The summed E-state index contributed by atoms with van der Waals surface area (Å²) in [6, 6.07) is 3.23. The van der Waals surface area contributed by atoms with Crippen LogP contribution in [0.3, 0.4) is 0 Å². The second-order valence-corrected chi connectivity index (χ2v) is 7.83. The van der Waals surface area contributed by atoms with Crippen LogP contribution in [0.1, 0.15) is 29.0 Å². The van der Waals surface area contributed by atoms with Gasteiger partial charge >= 0.3 is 0 Å². The summed E-state index contributed by atoms with van der Waals surface area (Å²) in [6.07, 6.45) is 1.44. The summed E-state index contributed by atoms with van der Waals surface area (Å²) >= 11 is 2.66. The zero-order chi connectivity index (χ0) is 19.4. The van der Waals surface area contributed by atoms with Gasteiger partial charge in [0, 0.05) is 12.4 Å². The first-order chi connectivity index (χ1) is 12.9. The van der Waals surface area contributed by atoms with Gasteiger partial charge in [-0.25, -0.2) is 4.98 Å². The minimum absolute atomic E-state index is 0.162. The molecule has 0 aliphatic carbocycles. The molecule has 27 heavy (non-hydrogen) atoms. The second kappa shape index (κ2) is 8.35. The summed E-state index contributed by atoms with van der Waals surface area (Å²) in [5.74, 6) is 0.309. The van der Waals surface area contributed by atoms with E-state index in [4.69, 9.17) is 4.42 Å². The van der Waals surface area contributed by atoms with Crippen molar-refractivity contribution in [2.24, 2.45) is 7.05 Å². The topological polar surface area (TPSA) is 115 Å². The van der Waals surface area contributed by atoms with Crippen LogP contribution < -0.4 is 10.6 Å². The molecule has 0 radical (unpaired) electrons. The number of hydrogen-bond acceptors (Lipinski definition) is 8. The highest BCUT2D eigenvalue weighted by Gasteiger charge is 2.20. The van der Waals surface area contributed by atoms with E-state index in [0.29, 0.717) is 16.1 Å².